The van der Waals surface area contributed by atoms with Crippen molar-refractivity contribution in [3.8, 4) is 5.75 Å². The molecule has 0 unspecified atom stereocenters. The molecule has 2 aliphatic rings. The standard InChI is InChI=1S/C19H23F3O2/c20-16-10-15(11-17(21)18(16)22)24-19(23)14-8-6-13(7-9-14)12-4-2-1-3-5-12/h10-14H,1-9H2. The molecule has 0 saturated heterocycles. The molecule has 2 saturated carbocycles. The van der Waals surface area contributed by atoms with Crippen LogP contribution in [0, 0.1) is 35.2 Å². The quantitative estimate of drug-likeness (QED) is 0.418. The van der Waals surface area contributed by atoms with Gasteiger partial charge in [0.2, 0.25) is 0 Å². The van der Waals surface area contributed by atoms with Gasteiger partial charge in [-0.05, 0) is 37.5 Å². The Labute approximate surface area is 140 Å². The van der Waals surface area contributed by atoms with Crippen molar-refractivity contribution in [1.82, 2.24) is 0 Å². The average Bonchev–Trinajstić information content (AvgIpc) is 2.60. The number of rotatable bonds is 3. The molecule has 0 aliphatic heterocycles. The molecular weight excluding hydrogens is 317 g/mol. The smallest absolute Gasteiger partial charge is 0.314 e. The first kappa shape index (κ1) is 17.3. The lowest BCUT2D eigenvalue weighted by Gasteiger charge is -2.35. The Balaban J connectivity index is 1.53. The van der Waals surface area contributed by atoms with Gasteiger partial charge < -0.3 is 4.74 Å². The average molecular weight is 340 g/mol. The van der Waals surface area contributed by atoms with E-state index in [1.54, 1.807) is 0 Å². The lowest BCUT2D eigenvalue weighted by atomic mass is 9.71. The van der Waals surface area contributed by atoms with Gasteiger partial charge in [0.05, 0.1) is 5.92 Å². The molecule has 1 aromatic rings. The fourth-order valence-electron chi connectivity index (χ4n) is 4.22. The van der Waals surface area contributed by atoms with E-state index < -0.39 is 23.4 Å². The van der Waals surface area contributed by atoms with Gasteiger partial charge in [-0.25, -0.2) is 13.2 Å². The molecule has 24 heavy (non-hydrogen) atoms. The molecule has 0 atom stereocenters. The van der Waals surface area contributed by atoms with E-state index >= 15 is 0 Å². The van der Waals surface area contributed by atoms with Crippen molar-refractivity contribution in [3.63, 3.8) is 0 Å². The normalized spacial score (nSPS) is 25.5. The minimum atomic E-state index is -1.55. The zero-order chi connectivity index (χ0) is 17.1. The maximum atomic E-state index is 13.2. The van der Waals surface area contributed by atoms with Crippen molar-refractivity contribution in [2.45, 2.75) is 57.8 Å². The number of ether oxygens (including phenoxy) is 1. The molecule has 0 N–H and O–H groups in total. The summed E-state index contributed by atoms with van der Waals surface area (Å²) in [7, 11) is 0. The first-order valence-corrected chi connectivity index (χ1v) is 8.91. The van der Waals surface area contributed by atoms with E-state index in [0.29, 0.717) is 18.1 Å². The number of hydrogen-bond acceptors (Lipinski definition) is 2. The third-order valence-corrected chi connectivity index (χ3v) is 5.60. The van der Waals surface area contributed by atoms with Crippen LogP contribution in [0.5, 0.6) is 5.75 Å². The zero-order valence-electron chi connectivity index (χ0n) is 13.7. The predicted molar refractivity (Wildman–Crippen MR) is 84.0 cm³/mol. The third kappa shape index (κ3) is 3.93. The molecule has 2 aliphatic carbocycles. The fourth-order valence-corrected chi connectivity index (χ4v) is 4.22. The van der Waals surface area contributed by atoms with Gasteiger partial charge in [0.1, 0.15) is 5.75 Å². The highest BCUT2D eigenvalue weighted by molar-refractivity contribution is 5.75. The summed E-state index contributed by atoms with van der Waals surface area (Å²) in [6.45, 7) is 0. The lowest BCUT2D eigenvalue weighted by Crippen LogP contribution is -2.29. The molecule has 3 rings (SSSR count). The Bertz CT molecular complexity index is 565. The zero-order valence-corrected chi connectivity index (χ0v) is 13.7. The summed E-state index contributed by atoms with van der Waals surface area (Å²) < 4.78 is 44.4. The Morgan fingerprint density at radius 2 is 1.38 bits per heavy atom. The van der Waals surface area contributed by atoms with Crippen LogP contribution in [0.25, 0.3) is 0 Å². The van der Waals surface area contributed by atoms with Gasteiger partial charge in [0, 0.05) is 12.1 Å². The SMILES string of the molecule is O=C(Oc1cc(F)c(F)c(F)c1)C1CCC(C2CCCCC2)CC1. The summed E-state index contributed by atoms with van der Waals surface area (Å²) in [5, 5.41) is 0. The molecule has 2 fully saturated rings. The van der Waals surface area contributed by atoms with E-state index in [1.807, 2.05) is 0 Å². The van der Waals surface area contributed by atoms with Crippen molar-refractivity contribution in [1.29, 1.82) is 0 Å². The number of carbonyl (C=O) groups is 1. The topological polar surface area (TPSA) is 26.3 Å². The van der Waals surface area contributed by atoms with E-state index in [-0.39, 0.29) is 11.7 Å². The van der Waals surface area contributed by atoms with E-state index in [9.17, 15) is 18.0 Å². The highest BCUT2D eigenvalue weighted by atomic mass is 19.2. The van der Waals surface area contributed by atoms with Crippen LogP contribution in [0.1, 0.15) is 57.8 Å². The van der Waals surface area contributed by atoms with Crippen LogP contribution in [-0.4, -0.2) is 5.97 Å². The summed E-state index contributed by atoms with van der Waals surface area (Å²) in [5.74, 6) is -3.75. The largest absolute Gasteiger partial charge is 0.426 e. The van der Waals surface area contributed by atoms with Gasteiger partial charge in [-0.15, -0.1) is 0 Å². The van der Waals surface area contributed by atoms with Gasteiger partial charge in [-0.1, -0.05) is 32.1 Å². The van der Waals surface area contributed by atoms with Crippen LogP contribution >= 0.6 is 0 Å². The van der Waals surface area contributed by atoms with E-state index in [2.05, 4.69) is 0 Å². The van der Waals surface area contributed by atoms with Gasteiger partial charge >= 0.3 is 5.97 Å². The van der Waals surface area contributed by atoms with Crippen molar-refractivity contribution < 1.29 is 22.7 Å². The van der Waals surface area contributed by atoms with Crippen molar-refractivity contribution >= 4 is 5.97 Å². The molecule has 1 aromatic carbocycles. The Morgan fingerprint density at radius 1 is 0.833 bits per heavy atom. The van der Waals surface area contributed by atoms with Gasteiger partial charge in [-0.2, -0.15) is 0 Å². The summed E-state index contributed by atoms with van der Waals surface area (Å²) in [6, 6.07) is 1.42. The Kier molecular flexibility index (Phi) is 5.47. The van der Waals surface area contributed by atoms with Crippen molar-refractivity contribution in [2.24, 2.45) is 17.8 Å². The van der Waals surface area contributed by atoms with E-state index in [4.69, 9.17) is 4.74 Å². The monoisotopic (exact) mass is 340 g/mol. The highest BCUT2D eigenvalue weighted by Crippen LogP contribution is 2.40. The molecule has 0 bridgehead atoms. The summed E-state index contributed by atoms with van der Waals surface area (Å²) in [6.07, 6.45) is 10.1. The third-order valence-electron chi connectivity index (χ3n) is 5.60. The van der Waals surface area contributed by atoms with Crippen LogP contribution in [-0.2, 0) is 4.79 Å². The molecule has 0 spiro atoms. The Hall–Kier alpha value is -1.52. The molecular formula is C19H23F3O2. The number of benzene rings is 1. The van der Waals surface area contributed by atoms with Crippen LogP contribution in [0.3, 0.4) is 0 Å². The van der Waals surface area contributed by atoms with Crippen LogP contribution < -0.4 is 4.74 Å². The first-order chi connectivity index (χ1) is 11.5. The molecule has 132 valence electrons. The summed E-state index contributed by atoms with van der Waals surface area (Å²) in [4.78, 5) is 12.2. The van der Waals surface area contributed by atoms with Crippen LogP contribution in [0.2, 0.25) is 0 Å². The van der Waals surface area contributed by atoms with Crippen molar-refractivity contribution in [2.75, 3.05) is 0 Å². The molecule has 2 nitrogen and oxygen atoms in total. The molecule has 0 amide bonds. The highest BCUT2D eigenvalue weighted by Gasteiger charge is 2.32. The Morgan fingerprint density at radius 3 is 1.96 bits per heavy atom. The van der Waals surface area contributed by atoms with Crippen molar-refractivity contribution in [3.05, 3.63) is 29.6 Å². The molecule has 0 heterocycles. The lowest BCUT2D eigenvalue weighted by molar-refractivity contribution is -0.140. The van der Waals surface area contributed by atoms with Crippen LogP contribution in [0.4, 0.5) is 13.2 Å². The van der Waals surface area contributed by atoms with E-state index in [0.717, 1.165) is 31.6 Å². The number of esters is 1. The van der Waals surface area contributed by atoms with Crippen LogP contribution in [0.15, 0.2) is 12.1 Å². The van der Waals surface area contributed by atoms with Gasteiger partial charge in [0.15, 0.2) is 17.5 Å². The summed E-state index contributed by atoms with van der Waals surface area (Å²) in [5.41, 5.74) is 0. The van der Waals surface area contributed by atoms with Gasteiger partial charge in [0.25, 0.3) is 0 Å². The second-order valence-corrected chi connectivity index (χ2v) is 7.13. The fraction of sp³-hybridized carbons (Fsp3) is 0.632. The molecule has 0 radical (unpaired) electrons. The molecule has 0 aromatic heterocycles. The summed E-state index contributed by atoms with van der Waals surface area (Å²) >= 11 is 0. The van der Waals surface area contributed by atoms with Gasteiger partial charge in [-0.3, -0.25) is 4.79 Å². The number of carbonyl (C=O) groups excluding carboxylic acids is 1. The number of halogens is 3. The number of hydrogen-bond donors (Lipinski definition) is 0. The van der Waals surface area contributed by atoms with E-state index in [1.165, 1.54) is 32.1 Å². The minimum Gasteiger partial charge on any atom is -0.426 e. The maximum Gasteiger partial charge on any atom is 0.314 e. The predicted octanol–water partition coefficient (Wildman–Crippen LogP) is 5.40. The first-order valence-electron chi connectivity index (χ1n) is 8.91. The second-order valence-electron chi connectivity index (χ2n) is 7.13. The second kappa shape index (κ2) is 7.58. The maximum absolute atomic E-state index is 13.2. The molecule has 5 heteroatoms. The minimum absolute atomic E-state index is 0.235.